The van der Waals surface area contributed by atoms with Gasteiger partial charge in [0.2, 0.25) is 5.91 Å². The van der Waals surface area contributed by atoms with E-state index in [1.54, 1.807) is 29.3 Å². The molecule has 1 amide bonds. The first-order chi connectivity index (χ1) is 12.5. The molecule has 2 fully saturated rings. The largest absolute Gasteiger partial charge is 0.477 e. The maximum atomic E-state index is 12.4. The normalized spacial score (nSPS) is 29.2. The molecule has 4 atom stereocenters. The highest BCUT2D eigenvalue weighted by molar-refractivity contribution is 8.23. The number of amides is 1. The second kappa shape index (κ2) is 7.06. The molecule has 2 saturated heterocycles. The average molecular weight is 414 g/mol. The second-order valence-corrected chi connectivity index (χ2v) is 10.0. The summed E-state index contributed by atoms with van der Waals surface area (Å²) >= 11 is 4.56. The summed E-state index contributed by atoms with van der Waals surface area (Å²) in [6.45, 7) is 3.54. The second-order valence-electron chi connectivity index (χ2n) is 6.45. The van der Waals surface area contributed by atoms with Crippen molar-refractivity contribution in [2.75, 3.05) is 18.0 Å². The minimum Gasteiger partial charge on any atom is -0.477 e. The Morgan fingerprint density at radius 2 is 2.35 bits per heavy atom. The van der Waals surface area contributed by atoms with Gasteiger partial charge in [-0.3, -0.25) is 9.69 Å². The molecule has 10 heteroatoms. The molecule has 4 unspecified atom stereocenters. The zero-order valence-corrected chi connectivity index (χ0v) is 16.5. The van der Waals surface area contributed by atoms with Crippen LogP contribution in [0, 0.1) is 5.92 Å². The van der Waals surface area contributed by atoms with Gasteiger partial charge >= 0.3 is 5.97 Å². The van der Waals surface area contributed by atoms with E-state index < -0.39 is 18.0 Å². The summed E-state index contributed by atoms with van der Waals surface area (Å²) in [6.07, 6.45) is 2.49. The fraction of sp³-hybridized carbons (Fsp3) is 0.562. The Kier molecular flexibility index (Phi) is 4.93. The van der Waals surface area contributed by atoms with Crippen LogP contribution in [0.15, 0.2) is 21.5 Å². The topological polar surface area (TPSA) is 94.0 Å². The van der Waals surface area contributed by atoms with Gasteiger partial charge in [0.05, 0.1) is 16.3 Å². The Balaban J connectivity index is 1.48. The summed E-state index contributed by atoms with van der Waals surface area (Å²) in [6, 6.07) is 0. The first-order valence-corrected chi connectivity index (χ1v) is 11.1. The number of carbonyl (C=O) groups excluding carboxylic acids is 1. The third-order valence-corrected chi connectivity index (χ3v) is 8.58. The average Bonchev–Trinajstić information content (AvgIpc) is 3.33. The number of nitrogens with zero attached hydrogens (tertiary/aromatic N) is 3. The van der Waals surface area contributed by atoms with Crippen molar-refractivity contribution in [3.05, 3.63) is 21.5 Å². The molecule has 0 radical (unpaired) electrons. The summed E-state index contributed by atoms with van der Waals surface area (Å²) in [5.74, 6) is -1.86. The number of carboxylic acids is 1. The van der Waals surface area contributed by atoms with Gasteiger partial charge in [0.1, 0.15) is 5.37 Å². The van der Waals surface area contributed by atoms with Gasteiger partial charge in [-0.1, -0.05) is 18.7 Å². The molecule has 1 aromatic heterocycles. The van der Waals surface area contributed by atoms with E-state index in [2.05, 4.69) is 9.88 Å². The van der Waals surface area contributed by atoms with Gasteiger partial charge in [-0.25, -0.2) is 9.78 Å². The first-order valence-electron chi connectivity index (χ1n) is 8.47. The number of β-lactam (4-membered cyclic amide) rings is 1. The SMILES string of the molecule is CCC(O)C1C(=O)N2C(C(=O)O)=C(SC3CCN(c4nccs4)C3)SC12. The molecule has 3 aliphatic rings. The van der Waals surface area contributed by atoms with E-state index in [9.17, 15) is 19.8 Å². The maximum absolute atomic E-state index is 12.4. The number of aromatic nitrogens is 1. The minimum atomic E-state index is -1.07. The van der Waals surface area contributed by atoms with Crippen molar-refractivity contribution in [1.29, 1.82) is 0 Å². The monoisotopic (exact) mass is 413 g/mol. The highest BCUT2D eigenvalue weighted by Crippen LogP contribution is 2.55. The molecule has 3 aliphatic heterocycles. The summed E-state index contributed by atoms with van der Waals surface area (Å²) in [5.41, 5.74) is 0.0854. The van der Waals surface area contributed by atoms with E-state index in [1.165, 1.54) is 16.7 Å². The Hall–Kier alpha value is -1.23. The van der Waals surface area contributed by atoms with Crippen molar-refractivity contribution < 1.29 is 19.8 Å². The molecule has 26 heavy (non-hydrogen) atoms. The standard InChI is InChI=1S/C16H19N3O4S3/c1-2-9(20)10-12(21)19-11(14(22)23)15(26-13(10)19)25-8-3-5-18(7-8)16-17-4-6-24-16/h4,6,8-10,13,20H,2-3,5,7H2,1H3,(H,22,23). The van der Waals surface area contributed by atoms with E-state index in [0.29, 0.717) is 10.7 Å². The number of carboxylic acid groups (broad SMARTS) is 1. The van der Waals surface area contributed by atoms with Crippen LogP contribution in [-0.2, 0) is 9.59 Å². The zero-order chi connectivity index (χ0) is 18.4. The van der Waals surface area contributed by atoms with Crippen molar-refractivity contribution in [1.82, 2.24) is 9.88 Å². The smallest absolute Gasteiger partial charge is 0.354 e. The van der Waals surface area contributed by atoms with Crippen LogP contribution in [0.5, 0.6) is 0 Å². The van der Waals surface area contributed by atoms with Crippen LogP contribution < -0.4 is 4.90 Å². The molecular weight excluding hydrogens is 394 g/mol. The Labute approximate surface area is 163 Å². The number of aliphatic hydroxyl groups is 1. The van der Waals surface area contributed by atoms with E-state index >= 15 is 0 Å². The number of aliphatic carboxylic acids is 1. The van der Waals surface area contributed by atoms with Gasteiger partial charge in [-0.15, -0.1) is 23.1 Å². The molecule has 4 heterocycles. The van der Waals surface area contributed by atoms with E-state index in [4.69, 9.17) is 0 Å². The molecule has 7 nitrogen and oxygen atoms in total. The molecule has 0 aromatic carbocycles. The lowest BCUT2D eigenvalue weighted by Crippen LogP contribution is -2.61. The summed E-state index contributed by atoms with van der Waals surface area (Å²) in [7, 11) is 0. The molecule has 0 aliphatic carbocycles. The van der Waals surface area contributed by atoms with Crippen LogP contribution in [-0.4, -0.2) is 61.8 Å². The summed E-state index contributed by atoms with van der Waals surface area (Å²) in [4.78, 5) is 32.0. The van der Waals surface area contributed by atoms with E-state index in [1.807, 2.05) is 12.3 Å². The van der Waals surface area contributed by atoms with E-state index in [0.717, 1.165) is 24.6 Å². The van der Waals surface area contributed by atoms with Crippen molar-refractivity contribution >= 4 is 51.9 Å². The number of thiazole rings is 1. The lowest BCUT2D eigenvalue weighted by molar-refractivity contribution is -0.157. The number of hydrogen-bond donors (Lipinski definition) is 2. The Morgan fingerprint density at radius 1 is 1.54 bits per heavy atom. The molecule has 140 valence electrons. The Bertz CT molecular complexity index is 754. The molecule has 2 N–H and O–H groups in total. The quantitative estimate of drug-likeness (QED) is 0.684. The Morgan fingerprint density at radius 3 is 3.00 bits per heavy atom. The number of rotatable bonds is 6. The maximum Gasteiger partial charge on any atom is 0.354 e. The minimum absolute atomic E-state index is 0.0854. The number of thioether (sulfide) groups is 2. The third-order valence-electron chi connectivity index (χ3n) is 4.89. The number of hydrogen-bond acceptors (Lipinski definition) is 8. The van der Waals surface area contributed by atoms with Crippen LogP contribution in [0.2, 0.25) is 0 Å². The molecular formula is C16H19N3O4S3. The van der Waals surface area contributed by atoms with Crippen molar-refractivity contribution in [2.45, 2.75) is 36.5 Å². The highest BCUT2D eigenvalue weighted by Gasteiger charge is 2.58. The van der Waals surface area contributed by atoms with Gasteiger partial charge in [0.15, 0.2) is 10.8 Å². The van der Waals surface area contributed by atoms with Crippen molar-refractivity contribution in [3.8, 4) is 0 Å². The van der Waals surface area contributed by atoms with Gasteiger partial charge in [0, 0.05) is 29.9 Å². The predicted octanol–water partition coefficient (Wildman–Crippen LogP) is 2.01. The molecule has 0 saturated carbocycles. The predicted molar refractivity (Wildman–Crippen MR) is 103 cm³/mol. The van der Waals surface area contributed by atoms with Gasteiger partial charge in [0.25, 0.3) is 0 Å². The highest BCUT2D eigenvalue weighted by atomic mass is 32.2. The van der Waals surface area contributed by atoms with Crippen LogP contribution in [0.1, 0.15) is 19.8 Å². The third kappa shape index (κ3) is 2.92. The number of fused-ring (bicyclic) bond motifs is 1. The van der Waals surface area contributed by atoms with Crippen LogP contribution in [0.4, 0.5) is 5.13 Å². The number of carbonyl (C=O) groups is 2. The van der Waals surface area contributed by atoms with Gasteiger partial charge < -0.3 is 15.1 Å². The zero-order valence-electron chi connectivity index (χ0n) is 14.1. The first kappa shape index (κ1) is 18.1. The summed E-state index contributed by atoms with van der Waals surface area (Å²) < 4.78 is 0.688. The van der Waals surface area contributed by atoms with Crippen LogP contribution in [0.25, 0.3) is 0 Å². The van der Waals surface area contributed by atoms with Crippen molar-refractivity contribution in [2.24, 2.45) is 5.92 Å². The molecule has 4 rings (SSSR count). The van der Waals surface area contributed by atoms with Gasteiger partial charge in [-0.05, 0) is 12.8 Å². The molecule has 1 aromatic rings. The van der Waals surface area contributed by atoms with Crippen LogP contribution in [0.3, 0.4) is 0 Å². The van der Waals surface area contributed by atoms with Crippen LogP contribution >= 0.6 is 34.9 Å². The fourth-order valence-electron chi connectivity index (χ4n) is 3.52. The molecule has 0 bridgehead atoms. The van der Waals surface area contributed by atoms with Gasteiger partial charge in [-0.2, -0.15) is 0 Å². The van der Waals surface area contributed by atoms with Crippen molar-refractivity contribution in [3.63, 3.8) is 0 Å². The lowest BCUT2D eigenvalue weighted by atomic mass is 9.90. The van der Waals surface area contributed by atoms with E-state index in [-0.39, 0.29) is 22.2 Å². The lowest BCUT2D eigenvalue weighted by Gasteiger charge is -2.44. The summed E-state index contributed by atoms with van der Waals surface area (Å²) in [5, 5.41) is 22.6. The fourth-order valence-corrected chi connectivity index (χ4v) is 7.48. The molecule has 0 spiro atoms. The number of anilines is 1. The number of aliphatic hydroxyl groups excluding tert-OH is 1.